The second-order valence-corrected chi connectivity index (χ2v) is 4.25. The summed E-state index contributed by atoms with van der Waals surface area (Å²) in [6, 6.07) is 3.67. The Labute approximate surface area is 110 Å². The lowest BCUT2D eigenvalue weighted by Gasteiger charge is -2.10. The number of thiazole rings is 1. The minimum absolute atomic E-state index is 0.0585. The number of halogens is 3. The number of nitrogens with zero attached hydrogens (tertiary/aromatic N) is 3. The Morgan fingerprint density at radius 1 is 1.37 bits per heavy atom. The van der Waals surface area contributed by atoms with E-state index in [-0.39, 0.29) is 17.9 Å². The van der Waals surface area contributed by atoms with Crippen molar-refractivity contribution >= 4 is 17.2 Å². The molecule has 0 bridgehead atoms. The van der Waals surface area contributed by atoms with Crippen molar-refractivity contribution in [2.24, 2.45) is 0 Å². The molecule has 2 heterocycles. The lowest BCUT2D eigenvalue weighted by Crippen LogP contribution is -2.11. The van der Waals surface area contributed by atoms with Crippen molar-refractivity contribution in [3.05, 3.63) is 40.0 Å². The Morgan fingerprint density at radius 2 is 2.16 bits per heavy atom. The average molecular weight is 284 g/mol. The molecule has 2 rings (SSSR count). The number of hydrogen-bond acceptors (Lipinski definition) is 5. The minimum Gasteiger partial charge on any atom is -0.363 e. The number of aromatic nitrogens is 2. The standard InChI is InChI=1S/C11H7F3N4S/c12-11(13,14)9-2-1-7(3-15)10(18-9)16-4-8-5-19-6-17-8/h1-2,5-6H,4H2,(H,16,18). The van der Waals surface area contributed by atoms with Gasteiger partial charge in [-0.3, -0.25) is 0 Å². The second kappa shape index (κ2) is 5.24. The van der Waals surface area contributed by atoms with E-state index in [0.29, 0.717) is 5.69 Å². The quantitative estimate of drug-likeness (QED) is 0.941. The molecule has 2 aromatic rings. The van der Waals surface area contributed by atoms with Crippen LogP contribution in [0, 0.1) is 11.3 Å². The summed E-state index contributed by atoms with van der Waals surface area (Å²) in [5.41, 5.74) is 1.31. The van der Waals surface area contributed by atoms with Crippen molar-refractivity contribution in [3.8, 4) is 6.07 Å². The number of rotatable bonds is 3. The van der Waals surface area contributed by atoms with Gasteiger partial charge in [-0.15, -0.1) is 11.3 Å². The first kappa shape index (κ1) is 13.3. The van der Waals surface area contributed by atoms with E-state index in [9.17, 15) is 13.2 Å². The molecule has 0 amide bonds. The van der Waals surface area contributed by atoms with Crippen molar-refractivity contribution in [3.63, 3.8) is 0 Å². The van der Waals surface area contributed by atoms with Crippen LogP contribution in [0.1, 0.15) is 17.0 Å². The maximum atomic E-state index is 12.5. The number of pyridine rings is 1. The van der Waals surface area contributed by atoms with Gasteiger partial charge < -0.3 is 5.32 Å². The summed E-state index contributed by atoms with van der Waals surface area (Å²) in [7, 11) is 0. The Hall–Kier alpha value is -2.14. The maximum Gasteiger partial charge on any atom is 0.433 e. The van der Waals surface area contributed by atoms with E-state index in [1.807, 2.05) is 0 Å². The van der Waals surface area contributed by atoms with E-state index in [0.717, 1.165) is 12.1 Å². The van der Waals surface area contributed by atoms with E-state index < -0.39 is 11.9 Å². The van der Waals surface area contributed by atoms with Gasteiger partial charge in [-0.25, -0.2) is 9.97 Å². The number of nitrogens with one attached hydrogen (secondary N) is 1. The van der Waals surface area contributed by atoms with E-state index in [4.69, 9.17) is 5.26 Å². The number of alkyl halides is 3. The molecule has 2 aromatic heterocycles. The zero-order valence-electron chi connectivity index (χ0n) is 9.40. The van der Waals surface area contributed by atoms with Crippen LogP contribution < -0.4 is 5.32 Å². The van der Waals surface area contributed by atoms with Crippen LogP contribution in [0.4, 0.5) is 19.0 Å². The third-order valence-electron chi connectivity index (χ3n) is 2.23. The summed E-state index contributed by atoms with van der Waals surface area (Å²) in [6.45, 7) is 0.215. The molecule has 0 saturated carbocycles. The first-order valence-electron chi connectivity index (χ1n) is 5.10. The van der Waals surface area contributed by atoms with Crippen LogP contribution in [0.5, 0.6) is 0 Å². The van der Waals surface area contributed by atoms with Crippen molar-refractivity contribution < 1.29 is 13.2 Å². The highest BCUT2D eigenvalue weighted by molar-refractivity contribution is 7.07. The molecule has 0 spiro atoms. The van der Waals surface area contributed by atoms with Gasteiger partial charge in [0.05, 0.1) is 23.3 Å². The molecule has 0 unspecified atom stereocenters. The van der Waals surface area contributed by atoms with Crippen LogP contribution in [0.15, 0.2) is 23.0 Å². The first-order chi connectivity index (χ1) is 9.00. The van der Waals surface area contributed by atoms with Crippen LogP contribution in [0.3, 0.4) is 0 Å². The Morgan fingerprint density at radius 3 is 2.74 bits per heavy atom. The number of anilines is 1. The fraction of sp³-hybridized carbons (Fsp3) is 0.182. The Kier molecular flexibility index (Phi) is 3.66. The predicted octanol–water partition coefficient (Wildman–Crippen LogP) is 3.04. The van der Waals surface area contributed by atoms with E-state index in [1.165, 1.54) is 11.3 Å². The lowest BCUT2D eigenvalue weighted by molar-refractivity contribution is -0.141. The Bertz CT molecular complexity index is 601. The molecule has 0 aromatic carbocycles. The zero-order valence-corrected chi connectivity index (χ0v) is 10.2. The molecule has 0 atom stereocenters. The molecule has 98 valence electrons. The summed E-state index contributed by atoms with van der Waals surface area (Å²) < 4.78 is 37.6. The van der Waals surface area contributed by atoms with Gasteiger partial charge in [0, 0.05) is 5.38 Å². The Balaban J connectivity index is 2.24. The molecule has 1 N–H and O–H groups in total. The van der Waals surface area contributed by atoms with Crippen LogP contribution in [0.25, 0.3) is 0 Å². The molecule has 19 heavy (non-hydrogen) atoms. The molecule has 0 aliphatic rings. The predicted molar refractivity (Wildman–Crippen MR) is 63.4 cm³/mol. The van der Waals surface area contributed by atoms with Crippen molar-refractivity contribution in [1.29, 1.82) is 5.26 Å². The minimum atomic E-state index is -4.54. The van der Waals surface area contributed by atoms with Crippen LogP contribution in [-0.2, 0) is 12.7 Å². The van der Waals surface area contributed by atoms with E-state index in [1.54, 1.807) is 17.0 Å². The number of hydrogen-bond donors (Lipinski definition) is 1. The topological polar surface area (TPSA) is 61.6 Å². The summed E-state index contributed by atoms with van der Waals surface area (Å²) in [5, 5.41) is 13.3. The van der Waals surface area contributed by atoms with E-state index >= 15 is 0 Å². The highest BCUT2D eigenvalue weighted by Crippen LogP contribution is 2.29. The van der Waals surface area contributed by atoms with Gasteiger partial charge >= 0.3 is 6.18 Å². The van der Waals surface area contributed by atoms with Crippen LogP contribution >= 0.6 is 11.3 Å². The van der Waals surface area contributed by atoms with Gasteiger partial charge in [-0.2, -0.15) is 18.4 Å². The molecule has 0 aliphatic heterocycles. The molecule has 0 saturated heterocycles. The van der Waals surface area contributed by atoms with Gasteiger partial charge in [-0.05, 0) is 12.1 Å². The second-order valence-electron chi connectivity index (χ2n) is 3.54. The maximum absolute atomic E-state index is 12.5. The van der Waals surface area contributed by atoms with Gasteiger partial charge in [0.25, 0.3) is 0 Å². The molecule has 0 aliphatic carbocycles. The third kappa shape index (κ3) is 3.20. The third-order valence-corrected chi connectivity index (χ3v) is 2.86. The van der Waals surface area contributed by atoms with Gasteiger partial charge in [0.1, 0.15) is 17.6 Å². The van der Waals surface area contributed by atoms with E-state index in [2.05, 4.69) is 15.3 Å². The van der Waals surface area contributed by atoms with Crippen LogP contribution in [-0.4, -0.2) is 9.97 Å². The zero-order chi connectivity index (χ0) is 13.9. The highest BCUT2D eigenvalue weighted by atomic mass is 32.1. The highest BCUT2D eigenvalue weighted by Gasteiger charge is 2.33. The fourth-order valence-electron chi connectivity index (χ4n) is 1.34. The monoisotopic (exact) mass is 284 g/mol. The normalized spacial score (nSPS) is 11.1. The molecule has 0 fully saturated rings. The van der Waals surface area contributed by atoms with Gasteiger partial charge in [-0.1, -0.05) is 0 Å². The molecule has 8 heteroatoms. The largest absolute Gasteiger partial charge is 0.433 e. The van der Waals surface area contributed by atoms with Gasteiger partial charge in [0.15, 0.2) is 0 Å². The molecular formula is C11H7F3N4S. The summed E-state index contributed by atoms with van der Waals surface area (Å²) in [5.74, 6) is -0.0923. The SMILES string of the molecule is N#Cc1ccc(C(F)(F)F)nc1NCc1cscn1. The molecule has 0 radical (unpaired) electrons. The smallest absolute Gasteiger partial charge is 0.363 e. The van der Waals surface area contributed by atoms with Crippen molar-refractivity contribution in [1.82, 2.24) is 9.97 Å². The first-order valence-corrected chi connectivity index (χ1v) is 6.04. The molecular weight excluding hydrogens is 277 g/mol. The fourth-order valence-corrected chi connectivity index (χ4v) is 1.90. The summed E-state index contributed by atoms with van der Waals surface area (Å²) in [4.78, 5) is 7.41. The summed E-state index contributed by atoms with van der Waals surface area (Å²) >= 11 is 1.38. The number of nitriles is 1. The lowest BCUT2D eigenvalue weighted by atomic mass is 10.2. The van der Waals surface area contributed by atoms with Gasteiger partial charge in [0.2, 0.25) is 0 Å². The van der Waals surface area contributed by atoms with Crippen LogP contribution in [0.2, 0.25) is 0 Å². The summed E-state index contributed by atoms with van der Waals surface area (Å²) in [6.07, 6.45) is -4.54. The van der Waals surface area contributed by atoms with Crippen molar-refractivity contribution in [2.45, 2.75) is 12.7 Å². The average Bonchev–Trinajstić information content (AvgIpc) is 2.88. The molecule has 4 nitrogen and oxygen atoms in total. The van der Waals surface area contributed by atoms with Crippen molar-refractivity contribution in [2.75, 3.05) is 5.32 Å².